The van der Waals surface area contributed by atoms with E-state index >= 15 is 0 Å². The molecule has 1 heterocycles. The Morgan fingerprint density at radius 1 is 1.06 bits per heavy atom. The Labute approximate surface area is 189 Å². The summed E-state index contributed by atoms with van der Waals surface area (Å²) in [5.41, 5.74) is 1.87. The SMILES string of the molecule is CC(C)CN1C(=N)/C(=C(\NCc2ccc(S(C)(=O)=O)cc2)Nc2ccccc2)C(=O)N1C. The number of para-hydroxylation sites is 1. The largest absolute Gasteiger partial charge is 0.367 e. The molecule has 0 bridgehead atoms. The van der Waals surface area contributed by atoms with Crippen molar-refractivity contribution in [3.8, 4) is 0 Å². The summed E-state index contributed by atoms with van der Waals surface area (Å²) in [6, 6.07) is 16.0. The lowest BCUT2D eigenvalue weighted by Gasteiger charge is -2.26. The van der Waals surface area contributed by atoms with Gasteiger partial charge in [-0.2, -0.15) is 0 Å². The molecule has 0 radical (unpaired) electrons. The van der Waals surface area contributed by atoms with Crippen molar-refractivity contribution in [2.24, 2.45) is 5.92 Å². The van der Waals surface area contributed by atoms with E-state index in [0.717, 1.165) is 11.3 Å². The van der Waals surface area contributed by atoms with Crippen molar-refractivity contribution in [1.82, 2.24) is 15.3 Å². The number of hydrogen-bond acceptors (Lipinski definition) is 6. The van der Waals surface area contributed by atoms with Crippen LogP contribution in [0, 0.1) is 11.3 Å². The van der Waals surface area contributed by atoms with Gasteiger partial charge < -0.3 is 10.6 Å². The fourth-order valence-electron chi connectivity index (χ4n) is 3.34. The van der Waals surface area contributed by atoms with Crippen molar-refractivity contribution in [2.75, 3.05) is 25.2 Å². The van der Waals surface area contributed by atoms with Gasteiger partial charge in [0.25, 0.3) is 5.91 Å². The maximum atomic E-state index is 13.0. The zero-order chi connectivity index (χ0) is 23.5. The molecule has 0 unspecified atom stereocenters. The second-order valence-corrected chi connectivity index (χ2v) is 10.2. The van der Waals surface area contributed by atoms with E-state index in [1.165, 1.54) is 11.3 Å². The molecule has 8 nitrogen and oxygen atoms in total. The summed E-state index contributed by atoms with van der Waals surface area (Å²) in [7, 11) is -1.60. The van der Waals surface area contributed by atoms with Crippen LogP contribution >= 0.6 is 0 Å². The van der Waals surface area contributed by atoms with Gasteiger partial charge in [0.2, 0.25) is 0 Å². The highest BCUT2D eigenvalue weighted by Crippen LogP contribution is 2.23. The summed E-state index contributed by atoms with van der Waals surface area (Å²) in [5.74, 6) is 0.562. The summed E-state index contributed by atoms with van der Waals surface area (Å²) in [6.07, 6.45) is 1.17. The highest BCUT2D eigenvalue weighted by molar-refractivity contribution is 7.90. The van der Waals surface area contributed by atoms with Gasteiger partial charge in [0.05, 0.1) is 4.90 Å². The molecule has 170 valence electrons. The first-order valence-electron chi connectivity index (χ1n) is 10.3. The molecule has 1 saturated heterocycles. The van der Waals surface area contributed by atoms with E-state index in [-0.39, 0.29) is 28.1 Å². The Morgan fingerprint density at radius 3 is 2.25 bits per heavy atom. The van der Waals surface area contributed by atoms with E-state index < -0.39 is 9.84 Å². The average Bonchev–Trinajstić information content (AvgIpc) is 2.94. The fraction of sp³-hybridized carbons (Fsp3) is 0.304. The van der Waals surface area contributed by atoms with E-state index in [2.05, 4.69) is 10.6 Å². The average molecular weight is 456 g/mol. The first kappa shape index (κ1) is 23.3. The van der Waals surface area contributed by atoms with E-state index in [4.69, 9.17) is 5.41 Å². The van der Waals surface area contributed by atoms with Crippen molar-refractivity contribution in [3.63, 3.8) is 0 Å². The lowest BCUT2D eigenvalue weighted by atomic mass is 10.2. The molecule has 1 fully saturated rings. The van der Waals surface area contributed by atoms with Gasteiger partial charge in [0, 0.05) is 32.1 Å². The lowest BCUT2D eigenvalue weighted by Crippen LogP contribution is -2.39. The number of benzene rings is 2. The summed E-state index contributed by atoms with van der Waals surface area (Å²) in [6.45, 7) is 4.97. The third-order valence-electron chi connectivity index (χ3n) is 5.02. The van der Waals surface area contributed by atoms with E-state index in [1.807, 2.05) is 44.2 Å². The molecular weight excluding hydrogens is 426 g/mol. The van der Waals surface area contributed by atoms with Crippen LogP contribution in [0.3, 0.4) is 0 Å². The Kier molecular flexibility index (Phi) is 6.88. The molecule has 0 spiro atoms. The molecule has 1 aliphatic rings. The van der Waals surface area contributed by atoms with Gasteiger partial charge in [-0.05, 0) is 35.7 Å². The molecular formula is C23H29N5O3S. The Balaban J connectivity index is 1.92. The van der Waals surface area contributed by atoms with Crippen LogP contribution in [-0.2, 0) is 21.2 Å². The van der Waals surface area contributed by atoms with Gasteiger partial charge in [-0.15, -0.1) is 0 Å². The third-order valence-corrected chi connectivity index (χ3v) is 6.15. The van der Waals surface area contributed by atoms with Crippen LogP contribution in [-0.4, -0.2) is 50.0 Å². The highest BCUT2D eigenvalue weighted by Gasteiger charge is 2.38. The van der Waals surface area contributed by atoms with E-state index in [0.29, 0.717) is 18.9 Å². The van der Waals surface area contributed by atoms with E-state index in [1.54, 1.807) is 36.3 Å². The Hall–Kier alpha value is -3.33. The van der Waals surface area contributed by atoms with Crippen LogP contribution in [0.25, 0.3) is 0 Å². The number of carbonyl (C=O) groups excluding carboxylic acids is 1. The molecule has 2 aromatic rings. The summed E-state index contributed by atoms with van der Waals surface area (Å²) in [5, 5.41) is 18.3. The second-order valence-electron chi connectivity index (χ2n) is 8.16. The Bertz CT molecular complexity index is 1130. The minimum atomic E-state index is -3.27. The molecule has 32 heavy (non-hydrogen) atoms. The molecule has 0 atom stereocenters. The van der Waals surface area contributed by atoms with Crippen molar-refractivity contribution >= 4 is 27.3 Å². The number of nitrogens with zero attached hydrogens (tertiary/aromatic N) is 2. The molecule has 9 heteroatoms. The van der Waals surface area contributed by atoms with Crippen LogP contribution in [0.1, 0.15) is 19.4 Å². The number of amides is 1. The van der Waals surface area contributed by atoms with Crippen molar-refractivity contribution in [3.05, 3.63) is 71.6 Å². The smallest absolute Gasteiger partial charge is 0.279 e. The highest BCUT2D eigenvalue weighted by atomic mass is 32.2. The first-order valence-corrected chi connectivity index (χ1v) is 12.2. The van der Waals surface area contributed by atoms with Gasteiger partial charge in [0.1, 0.15) is 11.4 Å². The van der Waals surface area contributed by atoms with Gasteiger partial charge in [0.15, 0.2) is 15.7 Å². The number of amidine groups is 1. The van der Waals surface area contributed by atoms with E-state index in [9.17, 15) is 13.2 Å². The zero-order valence-corrected chi connectivity index (χ0v) is 19.5. The molecule has 2 aromatic carbocycles. The Morgan fingerprint density at radius 2 is 1.69 bits per heavy atom. The number of sulfone groups is 1. The van der Waals surface area contributed by atoms with Crippen LogP contribution < -0.4 is 10.6 Å². The zero-order valence-electron chi connectivity index (χ0n) is 18.7. The monoisotopic (exact) mass is 455 g/mol. The van der Waals surface area contributed by atoms with Gasteiger partial charge in [-0.25, -0.2) is 8.42 Å². The van der Waals surface area contributed by atoms with Crippen molar-refractivity contribution in [1.29, 1.82) is 5.41 Å². The summed E-state index contributed by atoms with van der Waals surface area (Å²) < 4.78 is 23.4. The molecule has 1 aliphatic heterocycles. The summed E-state index contributed by atoms with van der Waals surface area (Å²) in [4.78, 5) is 13.3. The number of anilines is 1. The maximum absolute atomic E-state index is 13.0. The quantitative estimate of drug-likeness (QED) is 0.529. The fourth-order valence-corrected chi connectivity index (χ4v) is 3.97. The molecule has 3 N–H and O–H groups in total. The van der Waals surface area contributed by atoms with Crippen molar-refractivity contribution < 1.29 is 13.2 Å². The van der Waals surface area contributed by atoms with Crippen LogP contribution in [0.2, 0.25) is 0 Å². The number of hydrazine groups is 1. The molecule has 0 aromatic heterocycles. The first-order chi connectivity index (χ1) is 15.1. The number of likely N-dealkylation sites (N-methyl/N-ethyl adjacent to an activating group) is 1. The second kappa shape index (κ2) is 9.44. The molecule has 0 saturated carbocycles. The minimum Gasteiger partial charge on any atom is -0.367 e. The van der Waals surface area contributed by atoms with Crippen LogP contribution in [0.5, 0.6) is 0 Å². The lowest BCUT2D eigenvalue weighted by molar-refractivity contribution is -0.132. The topological polar surface area (TPSA) is 106 Å². The normalized spacial score (nSPS) is 16.0. The molecule has 0 aliphatic carbocycles. The number of rotatable bonds is 8. The van der Waals surface area contributed by atoms with Crippen LogP contribution in [0.4, 0.5) is 5.69 Å². The number of hydrogen-bond donors (Lipinski definition) is 3. The van der Waals surface area contributed by atoms with Gasteiger partial charge in [-0.1, -0.05) is 44.2 Å². The van der Waals surface area contributed by atoms with Crippen LogP contribution in [0.15, 0.2) is 70.9 Å². The standard InChI is InChI=1S/C23H29N5O3S/c1-16(2)15-28-21(24)20(23(29)27(28)3)22(26-18-8-6-5-7-9-18)25-14-17-10-12-19(13-11-17)32(4,30)31/h5-13,16,24-26H,14-15H2,1-4H3/b22-20-,24-21?. The van der Waals surface area contributed by atoms with Crippen molar-refractivity contribution in [2.45, 2.75) is 25.3 Å². The minimum absolute atomic E-state index is 0.129. The predicted octanol–water partition coefficient (Wildman–Crippen LogP) is 2.83. The maximum Gasteiger partial charge on any atom is 0.279 e. The van der Waals surface area contributed by atoms with Gasteiger partial charge in [-0.3, -0.25) is 20.2 Å². The molecule has 3 rings (SSSR count). The summed E-state index contributed by atoms with van der Waals surface area (Å²) >= 11 is 0. The third kappa shape index (κ3) is 5.28. The predicted molar refractivity (Wildman–Crippen MR) is 126 cm³/mol. The molecule has 1 amide bonds. The number of nitrogens with one attached hydrogen (secondary N) is 3. The number of carbonyl (C=O) groups is 1. The van der Waals surface area contributed by atoms with Gasteiger partial charge >= 0.3 is 0 Å².